The number of carbonyl (C=O) groups is 2. The molecule has 0 aromatic heterocycles. The predicted molar refractivity (Wildman–Crippen MR) is 140 cm³/mol. The maximum atomic E-state index is 12.7. The van der Waals surface area contributed by atoms with Gasteiger partial charge in [-0.1, -0.05) is 60.7 Å². The van der Waals surface area contributed by atoms with E-state index in [-0.39, 0.29) is 11.4 Å². The van der Waals surface area contributed by atoms with Crippen LogP contribution in [0.4, 0.5) is 5.69 Å². The lowest BCUT2D eigenvalue weighted by Crippen LogP contribution is -2.15. The zero-order valence-electron chi connectivity index (χ0n) is 19.9. The Bertz CT molecular complexity index is 1510. The first-order valence-electron chi connectivity index (χ1n) is 11.3. The maximum absolute atomic E-state index is 12.7. The number of ether oxygens (including phenoxy) is 2. The Morgan fingerprint density at radius 3 is 2.47 bits per heavy atom. The molecular formula is C30H24N2O4. The third-order valence-electron chi connectivity index (χ3n) is 5.68. The largest absolute Gasteiger partial charge is 0.493 e. The highest BCUT2D eigenvalue weighted by atomic mass is 16.5. The molecule has 1 amide bonds. The number of benzene rings is 4. The summed E-state index contributed by atoms with van der Waals surface area (Å²) in [7, 11) is 1.53. The maximum Gasteiger partial charge on any atom is 0.266 e. The first kappa shape index (κ1) is 24.2. The molecule has 0 bridgehead atoms. The van der Waals surface area contributed by atoms with Gasteiger partial charge in [0.1, 0.15) is 18.2 Å². The van der Waals surface area contributed by atoms with Crippen LogP contribution in [0.15, 0.2) is 90.5 Å². The first-order chi connectivity index (χ1) is 17.5. The smallest absolute Gasteiger partial charge is 0.266 e. The highest BCUT2D eigenvalue weighted by Gasteiger charge is 2.14. The minimum absolute atomic E-state index is 0.111. The quantitative estimate of drug-likeness (QED) is 0.186. The lowest BCUT2D eigenvalue weighted by Gasteiger charge is -2.13. The minimum atomic E-state index is -0.610. The van der Waals surface area contributed by atoms with Gasteiger partial charge in [0.2, 0.25) is 0 Å². The molecule has 0 unspecified atom stereocenters. The number of fused-ring (bicyclic) bond motifs is 1. The molecule has 0 heterocycles. The SMILES string of the molecule is COc1cc(/C=C(/C#N)C(=O)Nc2ccccc2C(C)=O)ccc1OCc1cccc2ccccc12. The predicted octanol–water partition coefficient (Wildman–Crippen LogP) is 6.18. The van der Waals surface area contributed by atoms with E-state index in [4.69, 9.17) is 9.47 Å². The van der Waals surface area contributed by atoms with Crippen molar-refractivity contribution in [3.05, 3.63) is 107 Å². The summed E-state index contributed by atoms with van der Waals surface area (Å²) < 4.78 is 11.5. The second-order valence-corrected chi connectivity index (χ2v) is 8.06. The average Bonchev–Trinajstić information content (AvgIpc) is 2.90. The highest BCUT2D eigenvalue weighted by molar-refractivity contribution is 6.12. The molecule has 4 aromatic carbocycles. The normalized spacial score (nSPS) is 11.0. The molecule has 6 heteroatoms. The van der Waals surface area contributed by atoms with Gasteiger partial charge in [-0.25, -0.2) is 0 Å². The van der Waals surface area contributed by atoms with Crippen LogP contribution in [0.3, 0.4) is 0 Å². The van der Waals surface area contributed by atoms with E-state index in [1.54, 1.807) is 42.5 Å². The number of para-hydroxylation sites is 1. The summed E-state index contributed by atoms with van der Waals surface area (Å²) in [5, 5.41) is 14.5. The minimum Gasteiger partial charge on any atom is -0.493 e. The summed E-state index contributed by atoms with van der Waals surface area (Å²) in [5.41, 5.74) is 2.26. The molecule has 0 saturated carbocycles. The molecule has 0 aliphatic carbocycles. The molecule has 0 aliphatic heterocycles. The number of hydrogen-bond donors (Lipinski definition) is 1. The van der Waals surface area contributed by atoms with Crippen molar-refractivity contribution in [2.24, 2.45) is 0 Å². The Hall–Kier alpha value is -4.89. The van der Waals surface area contributed by atoms with Gasteiger partial charge in [-0.05, 0) is 59.2 Å². The van der Waals surface area contributed by atoms with Gasteiger partial charge in [0.15, 0.2) is 17.3 Å². The topological polar surface area (TPSA) is 88.4 Å². The summed E-state index contributed by atoms with van der Waals surface area (Å²) >= 11 is 0. The van der Waals surface area contributed by atoms with Gasteiger partial charge in [-0.2, -0.15) is 5.26 Å². The molecule has 6 nitrogen and oxygen atoms in total. The first-order valence-corrected chi connectivity index (χ1v) is 11.3. The van der Waals surface area contributed by atoms with Gasteiger partial charge in [-0.3, -0.25) is 9.59 Å². The van der Waals surface area contributed by atoms with E-state index in [1.807, 2.05) is 30.3 Å². The number of nitriles is 1. The fourth-order valence-corrected chi connectivity index (χ4v) is 3.87. The van der Waals surface area contributed by atoms with Crippen molar-refractivity contribution in [2.75, 3.05) is 12.4 Å². The molecule has 0 saturated heterocycles. The molecule has 0 aliphatic rings. The van der Waals surface area contributed by atoms with Crippen LogP contribution >= 0.6 is 0 Å². The van der Waals surface area contributed by atoms with E-state index in [9.17, 15) is 14.9 Å². The molecule has 0 fully saturated rings. The zero-order valence-corrected chi connectivity index (χ0v) is 19.9. The van der Waals surface area contributed by atoms with Crippen LogP contribution in [0.25, 0.3) is 16.8 Å². The second-order valence-electron chi connectivity index (χ2n) is 8.06. The number of rotatable bonds is 8. The van der Waals surface area contributed by atoms with Crippen molar-refractivity contribution in [3.8, 4) is 17.6 Å². The van der Waals surface area contributed by atoms with Crippen LogP contribution in [0.2, 0.25) is 0 Å². The van der Waals surface area contributed by atoms with Crippen molar-refractivity contribution in [2.45, 2.75) is 13.5 Å². The number of methoxy groups -OCH3 is 1. The standard InChI is InChI=1S/C30H24N2O4/c1-20(33)25-11-5-6-13-27(25)32-30(34)24(18-31)16-21-14-15-28(29(17-21)35-2)36-19-23-10-7-9-22-8-3-4-12-26(22)23/h3-17H,19H2,1-2H3,(H,32,34)/b24-16-. The van der Waals surface area contributed by atoms with Crippen molar-refractivity contribution >= 4 is 34.2 Å². The summed E-state index contributed by atoms with van der Waals surface area (Å²) in [4.78, 5) is 24.6. The average molecular weight is 477 g/mol. The van der Waals surface area contributed by atoms with Gasteiger partial charge in [0.05, 0.1) is 12.8 Å². The van der Waals surface area contributed by atoms with Gasteiger partial charge in [-0.15, -0.1) is 0 Å². The van der Waals surface area contributed by atoms with Crippen molar-refractivity contribution in [3.63, 3.8) is 0 Å². The van der Waals surface area contributed by atoms with E-state index in [0.29, 0.717) is 34.9 Å². The van der Waals surface area contributed by atoms with Crippen LogP contribution in [-0.4, -0.2) is 18.8 Å². The molecule has 0 radical (unpaired) electrons. The van der Waals surface area contributed by atoms with Crippen LogP contribution < -0.4 is 14.8 Å². The fraction of sp³-hybridized carbons (Fsp3) is 0.100. The Labute approximate surface area is 209 Å². The summed E-state index contributed by atoms with van der Waals surface area (Å²) in [6.07, 6.45) is 1.46. The molecule has 0 spiro atoms. The van der Waals surface area contributed by atoms with Gasteiger partial charge >= 0.3 is 0 Å². The van der Waals surface area contributed by atoms with Crippen molar-refractivity contribution in [1.29, 1.82) is 5.26 Å². The molecule has 4 aromatic rings. The third-order valence-corrected chi connectivity index (χ3v) is 5.68. The summed E-state index contributed by atoms with van der Waals surface area (Å²) in [5.74, 6) is 0.225. The lowest BCUT2D eigenvalue weighted by atomic mass is 10.1. The number of nitrogens with zero attached hydrogens (tertiary/aromatic N) is 1. The van der Waals surface area contributed by atoms with Crippen molar-refractivity contribution in [1.82, 2.24) is 0 Å². The number of carbonyl (C=O) groups excluding carboxylic acids is 2. The van der Waals surface area contributed by atoms with E-state index in [0.717, 1.165) is 16.3 Å². The molecule has 1 N–H and O–H groups in total. The second kappa shape index (κ2) is 11.0. The number of anilines is 1. The fourth-order valence-electron chi connectivity index (χ4n) is 3.87. The molecule has 4 rings (SSSR count). The van der Waals surface area contributed by atoms with E-state index < -0.39 is 5.91 Å². The van der Waals surface area contributed by atoms with Gasteiger partial charge in [0.25, 0.3) is 5.91 Å². The molecule has 178 valence electrons. The number of ketones is 1. The van der Waals surface area contributed by atoms with Gasteiger partial charge < -0.3 is 14.8 Å². The van der Waals surface area contributed by atoms with Crippen molar-refractivity contribution < 1.29 is 19.1 Å². The third kappa shape index (κ3) is 5.43. The highest BCUT2D eigenvalue weighted by Crippen LogP contribution is 2.30. The van der Waals surface area contributed by atoms with Crippen LogP contribution in [0.1, 0.15) is 28.4 Å². The molecule has 0 atom stereocenters. The monoisotopic (exact) mass is 476 g/mol. The Morgan fingerprint density at radius 2 is 1.69 bits per heavy atom. The van der Waals surface area contributed by atoms with Crippen LogP contribution in [0.5, 0.6) is 11.5 Å². The van der Waals surface area contributed by atoms with E-state index in [1.165, 1.54) is 20.1 Å². The van der Waals surface area contributed by atoms with E-state index >= 15 is 0 Å². The van der Waals surface area contributed by atoms with Crippen LogP contribution in [-0.2, 0) is 11.4 Å². The number of Topliss-reactive ketones (excluding diaryl/α,β-unsaturated/α-hetero) is 1. The zero-order chi connectivity index (χ0) is 25.5. The van der Waals surface area contributed by atoms with E-state index in [2.05, 4.69) is 23.5 Å². The van der Waals surface area contributed by atoms with Crippen LogP contribution in [0, 0.1) is 11.3 Å². The summed E-state index contributed by atoms with van der Waals surface area (Å²) in [6, 6.07) is 28.0. The van der Waals surface area contributed by atoms with Gasteiger partial charge in [0, 0.05) is 5.56 Å². The Kier molecular flexibility index (Phi) is 7.42. The number of nitrogens with one attached hydrogen (secondary N) is 1. The number of hydrogen-bond acceptors (Lipinski definition) is 5. The summed E-state index contributed by atoms with van der Waals surface area (Å²) in [6.45, 7) is 1.77. The lowest BCUT2D eigenvalue weighted by molar-refractivity contribution is -0.112. The molecule has 36 heavy (non-hydrogen) atoms. The molecular weight excluding hydrogens is 452 g/mol. The Balaban J connectivity index is 1.53. The Morgan fingerprint density at radius 1 is 0.944 bits per heavy atom. The number of amides is 1.